The molecule has 1 unspecified atom stereocenters. The number of hydrogen-bond donors (Lipinski definition) is 1. The van der Waals surface area contributed by atoms with E-state index < -0.39 is 0 Å². The van der Waals surface area contributed by atoms with E-state index in [1.807, 2.05) is 11.3 Å². The number of benzene rings is 1. The smallest absolute Gasteiger partial charge is 0.0939 e. The third-order valence-corrected chi connectivity index (χ3v) is 4.89. The Balaban J connectivity index is 1.83. The van der Waals surface area contributed by atoms with Crippen LogP contribution in [0.3, 0.4) is 0 Å². The van der Waals surface area contributed by atoms with E-state index in [0.29, 0.717) is 5.92 Å². The summed E-state index contributed by atoms with van der Waals surface area (Å²) in [6.07, 6.45) is 2.22. The Kier molecular flexibility index (Phi) is 5.01. The summed E-state index contributed by atoms with van der Waals surface area (Å²) in [4.78, 5) is 6.26. The molecule has 1 aromatic heterocycles. The molecule has 1 aliphatic heterocycles. The highest BCUT2D eigenvalue weighted by molar-refractivity contribution is 7.12. The molecule has 1 fully saturated rings. The summed E-state index contributed by atoms with van der Waals surface area (Å²) in [6, 6.07) is 10.5. The van der Waals surface area contributed by atoms with Crippen LogP contribution >= 0.6 is 11.3 Å². The first kappa shape index (κ1) is 14.7. The molecule has 21 heavy (non-hydrogen) atoms. The van der Waals surface area contributed by atoms with Crippen molar-refractivity contribution in [3.63, 3.8) is 0 Å². The molecule has 0 aliphatic carbocycles. The number of nitrogens with zero attached hydrogens (tertiary/aromatic N) is 1. The molecule has 112 valence electrons. The van der Waals surface area contributed by atoms with Gasteiger partial charge in [-0.3, -0.25) is 0 Å². The molecule has 0 saturated carbocycles. The molecule has 0 radical (unpaired) electrons. The van der Waals surface area contributed by atoms with E-state index in [0.717, 1.165) is 38.4 Å². The summed E-state index contributed by atoms with van der Waals surface area (Å²) in [5.41, 5.74) is 2.37. The summed E-state index contributed by atoms with van der Waals surface area (Å²) >= 11 is 1.85. The lowest BCUT2D eigenvalue weighted by atomic mass is 10.1. The molecule has 0 amide bonds. The standard InChI is InChI=1S/C17H22N2OS/c1-2-18-11-15-17(14-6-4-3-5-7-14)19-16(21-15)10-13-8-9-20-12-13/h3-7,13,18H,2,8-12H2,1H3. The van der Waals surface area contributed by atoms with E-state index in [-0.39, 0.29) is 0 Å². The summed E-state index contributed by atoms with van der Waals surface area (Å²) in [5, 5.41) is 4.67. The molecule has 3 rings (SSSR count). The maximum Gasteiger partial charge on any atom is 0.0939 e. The van der Waals surface area contributed by atoms with Crippen molar-refractivity contribution in [1.29, 1.82) is 0 Å². The summed E-state index contributed by atoms with van der Waals surface area (Å²) in [7, 11) is 0. The van der Waals surface area contributed by atoms with Gasteiger partial charge in [-0.2, -0.15) is 0 Å². The average molecular weight is 302 g/mol. The first-order chi connectivity index (χ1) is 10.4. The highest BCUT2D eigenvalue weighted by Crippen LogP contribution is 2.30. The molecule has 1 aromatic carbocycles. The van der Waals surface area contributed by atoms with Crippen molar-refractivity contribution in [2.45, 2.75) is 26.3 Å². The van der Waals surface area contributed by atoms with Crippen LogP contribution < -0.4 is 5.32 Å². The van der Waals surface area contributed by atoms with Gasteiger partial charge < -0.3 is 10.1 Å². The maximum absolute atomic E-state index is 5.48. The molecule has 0 spiro atoms. The zero-order chi connectivity index (χ0) is 14.5. The van der Waals surface area contributed by atoms with E-state index in [9.17, 15) is 0 Å². The Morgan fingerprint density at radius 1 is 1.33 bits per heavy atom. The number of ether oxygens (including phenoxy) is 1. The predicted octanol–water partition coefficient (Wildman–Crippen LogP) is 3.50. The molecule has 1 saturated heterocycles. The largest absolute Gasteiger partial charge is 0.381 e. The van der Waals surface area contributed by atoms with Crippen molar-refractivity contribution in [2.75, 3.05) is 19.8 Å². The van der Waals surface area contributed by atoms with Gasteiger partial charge in [0.15, 0.2) is 0 Å². The fourth-order valence-corrected chi connectivity index (χ4v) is 3.83. The van der Waals surface area contributed by atoms with Gasteiger partial charge in [-0.15, -0.1) is 11.3 Å². The molecule has 1 N–H and O–H groups in total. The fourth-order valence-electron chi connectivity index (χ4n) is 2.66. The van der Waals surface area contributed by atoms with Gasteiger partial charge in [-0.25, -0.2) is 4.98 Å². The fraction of sp³-hybridized carbons (Fsp3) is 0.471. The van der Waals surface area contributed by atoms with Crippen molar-refractivity contribution in [2.24, 2.45) is 5.92 Å². The summed E-state index contributed by atoms with van der Waals surface area (Å²) < 4.78 is 5.48. The Morgan fingerprint density at radius 3 is 2.90 bits per heavy atom. The molecular formula is C17H22N2OS. The molecule has 4 heteroatoms. The van der Waals surface area contributed by atoms with E-state index >= 15 is 0 Å². The molecule has 1 atom stereocenters. The zero-order valence-electron chi connectivity index (χ0n) is 12.5. The van der Waals surface area contributed by atoms with Crippen molar-refractivity contribution in [3.05, 3.63) is 40.2 Å². The van der Waals surface area contributed by atoms with E-state index in [1.165, 1.54) is 21.9 Å². The first-order valence-electron chi connectivity index (χ1n) is 7.69. The zero-order valence-corrected chi connectivity index (χ0v) is 13.3. The van der Waals surface area contributed by atoms with Crippen molar-refractivity contribution >= 4 is 11.3 Å². The number of rotatable bonds is 6. The van der Waals surface area contributed by atoms with Gasteiger partial charge in [0.1, 0.15) is 0 Å². The van der Waals surface area contributed by atoms with Gasteiger partial charge in [0.2, 0.25) is 0 Å². The molecule has 2 heterocycles. The number of aromatic nitrogens is 1. The number of hydrogen-bond acceptors (Lipinski definition) is 4. The quantitative estimate of drug-likeness (QED) is 0.887. The number of thiazole rings is 1. The van der Waals surface area contributed by atoms with Gasteiger partial charge in [-0.1, -0.05) is 37.3 Å². The van der Waals surface area contributed by atoms with Crippen molar-refractivity contribution in [1.82, 2.24) is 10.3 Å². The maximum atomic E-state index is 5.48. The van der Waals surface area contributed by atoms with Gasteiger partial charge in [0.25, 0.3) is 0 Å². The third-order valence-electron chi connectivity index (χ3n) is 3.81. The van der Waals surface area contributed by atoms with Gasteiger partial charge in [-0.05, 0) is 18.9 Å². The van der Waals surface area contributed by atoms with Crippen LogP contribution in [0.5, 0.6) is 0 Å². The van der Waals surface area contributed by atoms with Crippen LogP contribution in [-0.4, -0.2) is 24.7 Å². The summed E-state index contributed by atoms with van der Waals surface area (Å²) in [5.74, 6) is 0.645. The minimum absolute atomic E-state index is 0.645. The highest BCUT2D eigenvalue weighted by Gasteiger charge is 2.20. The van der Waals surface area contributed by atoms with Crippen molar-refractivity contribution in [3.8, 4) is 11.3 Å². The first-order valence-corrected chi connectivity index (χ1v) is 8.51. The van der Waals surface area contributed by atoms with Crippen LogP contribution in [0.4, 0.5) is 0 Å². The normalized spacial score (nSPS) is 18.2. The van der Waals surface area contributed by atoms with Crippen LogP contribution in [0.15, 0.2) is 30.3 Å². The minimum atomic E-state index is 0.645. The van der Waals surface area contributed by atoms with Crippen LogP contribution in [0, 0.1) is 5.92 Å². The second-order valence-electron chi connectivity index (χ2n) is 5.46. The lowest BCUT2D eigenvalue weighted by Crippen LogP contribution is -2.11. The van der Waals surface area contributed by atoms with Crippen LogP contribution in [0.25, 0.3) is 11.3 Å². The molecule has 0 bridgehead atoms. The van der Waals surface area contributed by atoms with E-state index in [2.05, 4.69) is 42.6 Å². The second kappa shape index (κ2) is 7.16. The SMILES string of the molecule is CCNCc1sc(CC2CCOC2)nc1-c1ccccc1. The Bertz CT molecular complexity index is 561. The lowest BCUT2D eigenvalue weighted by Gasteiger charge is -2.02. The minimum Gasteiger partial charge on any atom is -0.381 e. The Hall–Kier alpha value is -1.23. The van der Waals surface area contributed by atoms with Gasteiger partial charge in [0, 0.05) is 36.6 Å². The summed E-state index contributed by atoms with van der Waals surface area (Å²) in [6.45, 7) is 5.83. The third kappa shape index (κ3) is 3.70. The molecular weight excluding hydrogens is 280 g/mol. The predicted molar refractivity (Wildman–Crippen MR) is 87.6 cm³/mol. The molecule has 2 aromatic rings. The second-order valence-corrected chi connectivity index (χ2v) is 6.63. The lowest BCUT2D eigenvalue weighted by molar-refractivity contribution is 0.186. The highest BCUT2D eigenvalue weighted by atomic mass is 32.1. The van der Waals surface area contributed by atoms with E-state index in [4.69, 9.17) is 9.72 Å². The average Bonchev–Trinajstić information content (AvgIpc) is 3.16. The topological polar surface area (TPSA) is 34.1 Å². The Labute approximate surface area is 130 Å². The number of nitrogens with one attached hydrogen (secondary N) is 1. The van der Waals surface area contributed by atoms with Gasteiger partial charge in [0.05, 0.1) is 10.7 Å². The van der Waals surface area contributed by atoms with Crippen LogP contribution in [-0.2, 0) is 17.7 Å². The monoisotopic (exact) mass is 302 g/mol. The van der Waals surface area contributed by atoms with Gasteiger partial charge >= 0.3 is 0 Å². The molecule has 1 aliphatic rings. The molecule has 3 nitrogen and oxygen atoms in total. The van der Waals surface area contributed by atoms with E-state index in [1.54, 1.807) is 0 Å². The van der Waals surface area contributed by atoms with Crippen LogP contribution in [0.2, 0.25) is 0 Å². The Morgan fingerprint density at radius 2 is 2.19 bits per heavy atom. The van der Waals surface area contributed by atoms with Crippen molar-refractivity contribution < 1.29 is 4.74 Å². The van der Waals surface area contributed by atoms with Crippen LogP contribution in [0.1, 0.15) is 23.2 Å².